The van der Waals surface area contributed by atoms with Crippen LogP contribution in [0.25, 0.3) is 21.9 Å². The lowest BCUT2D eigenvalue weighted by Gasteiger charge is -2.37. The van der Waals surface area contributed by atoms with Gasteiger partial charge in [-0.05, 0) is 74.1 Å². The second kappa shape index (κ2) is 13.4. The first kappa shape index (κ1) is 33.6. The van der Waals surface area contributed by atoms with Gasteiger partial charge in [-0.15, -0.1) is 0 Å². The number of rotatable bonds is 10. The summed E-state index contributed by atoms with van der Waals surface area (Å²) in [6.07, 6.45) is 4.87. The summed E-state index contributed by atoms with van der Waals surface area (Å²) in [6.45, 7) is 2.53. The Hall–Kier alpha value is -4.87. The van der Waals surface area contributed by atoms with Crippen LogP contribution in [0.4, 0.5) is 5.69 Å². The molecule has 0 saturated heterocycles. The molecule has 0 fully saturated rings. The zero-order chi connectivity index (χ0) is 35.0. The van der Waals surface area contributed by atoms with Crippen molar-refractivity contribution in [3.8, 4) is 22.6 Å². The molecule has 0 bridgehead atoms. The summed E-state index contributed by atoms with van der Waals surface area (Å²) in [5.74, 6) is 0.338. The average molecular weight is 695 g/mol. The predicted octanol–water partition coefficient (Wildman–Crippen LogP) is 5.93. The Kier molecular flexibility index (Phi) is 9.04. The number of anilines is 1. The largest absolute Gasteiger partial charge is 0.493 e. The van der Waals surface area contributed by atoms with Crippen LogP contribution in [0, 0.1) is 0 Å². The average Bonchev–Trinajstić information content (AvgIpc) is 3.60. The molecule has 50 heavy (non-hydrogen) atoms. The van der Waals surface area contributed by atoms with E-state index >= 15 is 0 Å². The molecule has 2 unspecified atom stereocenters. The second-order valence-corrected chi connectivity index (χ2v) is 15.5. The first-order chi connectivity index (χ1) is 24.1. The van der Waals surface area contributed by atoms with Crippen LogP contribution in [0.2, 0.25) is 0 Å². The highest BCUT2D eigenvalue weighted by Gasteiger charge is 2.56. The number of fused-ring (bicyclic) bond motifs is 3. The fourth-order valence-electron chi connectivity index (χ4n) is 7.77. The summed E-state index contributed by atoms with van der Waals surface area (Å²) >= 11 is 0. The predicted molar refractivity (Wildman–Crippen MR) is 194 cm³/mol. The molecule has 0 amide bonds. The number of ether oxygens (including phenoxy) is 2. The molecule has 7 rings (SSSR count). The van der Waals surface area contributed by atoms with Crippen LogP contribution in [0.3, 0.4) is 0 Å². The van der Waals surface area contributed by atoms with Crippen molar-refractivity contribution >= 4 is 32.3 Å². The van der Waals surface area contributed by atoms with Crippen LogP contribution in [-0.4, -0.2) is 79.8 Å². The number of hydrogen-bond acceptors (Lipinski definition) is 8. The highest BCUT2D eigenvalue weighted by atomic mass is 32.2. The van der Waals surface area contributed by atoms with Gasteiger partial charge in [-0.25, -0.2) is 13.2 Å². The Labute approximate surface area is 292 Å². The second-order valence-electron chi connectivity index (χ2n) is 13.5. The third-order valence-corrected chi connectivity index (χ3v) is 11.3. The molecule has 1 N–H and O–H groups in total. The topological polar surface area (TPSA) is 114 Å². The van der Waals surface area contributed by atoms with E-state index in [1.807, 2.05) is 60.4 Å². The van der Waals surface area contributed by atoms with Gasteiger partial charge in [0.25, 0.3) is 0 Å². The molecule has 0 saturated carbocycles. The number of benzene rings is 4. The summed E-state index contributed by atoms with van der Waals surface area (Å²) < 4.78 is 39.0. The molecule has 2 aliphatic heterocycles. The standard InChI is InChI=1S/C39H42N4O6S/c1-41-21-9-22-43-36-31(32-24-40-42(2)34(32)25-41)13-7-14-33(36)39(37(43)38(44)45,26-49-28-16-18-29(19-17-28)50(3,46)47)20-8-23-48-35-15-6-11-27-10-4-5-12-30(27)35/h4-7,10-19,24,37H,8-9,20-23,25-26H2,1-3H3,(H,44,45). The molecule has 0 spiro atoms. The van der Waals surface area contributed by atoms with Gasteiger partial charge >= 0.3 is 5.97 Å². The minimum atomic E-state index is -3.39. The number of carboxylic acids is 1. The lowest BCUT2D eigenvalue weighted by Crippen LogP contribution is -2.53. The summed E-state index contributed by atoms with van der Waals surface area (Å²) in [5.41, 5.74) is 3.88. The molecule has 5 aromatic rings. The molecule has 11 heteroatoms. The number of para-hydroxylation sites is 1. The van der Waals surface area contributed by atoms with Crippen molar-refractivity contribution in [2.45, 2.75) is 42.2 Å². The van der Waals surface area contributed by atoms with E-state index in [0.717, 1.165) is 64.1 Å². The van der Waals surface area contributed by atoms with E-state index in [1.165, 1.54) is 18.4 Å². The van der Waals surface area contributed by atoms with Crippen LogP contribution >= 0.6 is 0 Å². The lowest BCUT2D eigenvalue weighted by molar-refractivity contribution is -0.140. The molecular formula is C39H42N4O6S. The number of aryl methyl sites for hydroxylation is 1. The van der Waals surface area contributed by atoms with Crippen LogP contribution in [0.5, 0.6) is 11.5 Å². The SMILES string of the molecule is CN1CCCN2c3c(cccc3C(CCCOc3cccc4ccccc34)(COc3ccc(S(C)(=O)=O)cc3)C2C(=O)O)-c2cnn(C)c2C1. The molecule has 2 aliphatic rings. The number of aromatic nitrogens is 2. The molecule has 2 atom stereocenters. The normalized spacial score (nSPS) is 19.2. The summed E-state index contributed by atoms with van der Waals surface area (Å²) in [4.78, 5) is 18.1. The van der Waals surface area contributed by atoms with Gasteiger partial charge in [-0.3, -0.25) is 4.68 Å². The van der Waals surface area contributed by atoms with E-state index in [-0.39, 0.29) is 11.5 Å². The van der Waals surface area contributed by atoms with Crippen LogP contribution < -0.4 is 14.4 Å². The fraction of sp³-hybridized carbons (Fsp3) is 0.333. The van der Waals surface area contributed by atoms with Crippen molar-refractivity contribution in [1.82, 2.24) is 14.7 Å². The van der Waals surface area contributed by atoms with Crippen LogP contribution in [0.1, 0.15) is 30.5 Å². The fourth-order valence-corrected chi connectivity index (χ4v) is 8.40. The quantitative estimate of drug-likeness (QED) is 0.178. The minimum absolute atomic E-state index is 0.0726. The Balaban J connectivity index is 1.30. The maximum absolute atomic E-state index is 13.6. The van der Waals surface area contributed by atoms with Gasteiger partial charge in [0.15, 0.2) is 9.84 Å². The summed E-state index contributed by atoms with van der Waals surface area (Å²) in [7, 11) is 0.642. The lowest BCUT2D eigenvalue weighted by atomic mass is 9.73. The van der Waals surface area contributed by atoms with Gasteiger partial charge < -0.3 is 24.4 Å². The Morgan fingerprint density at radius 1 is 0.940 bits per heavy atom. The third kappa shape index (κ3) is 6.20. The van der Waals surface area contributed by atoms with E-state index in [2.05, 4.69) is 40.1 Å². The Bertz CT molecular complexity index is 2140. The van der Waals surface area contributed by atoms with Gasteiger partial charge in [0, 0.05) is 48.6 Å². The molecule has 0 radical (unpaired) electrons. The molecule has 1 aromatic heterocycles. The Morgan fingerprint density at radius 3 is 2.48 bits per heavy atom. The number of carboxylic acid groups (broad SMARTS) is 1. The summed E-state index contributed by atoms with van der Waals surface area (Å²) in [6, 6.07) is 25.6. The number of carbonyl (C=O) groups is 1. The van der Waals surface area contributed by atoms with Crippen molar-refractivity contribution in [2.24, 2.45) is 7.05 Å². The smallest absolute Gasteiger partial charge is 0.327 e. The maximum atomic E-state index is 13.6. The van der Waals surface area contributed by atoms with Crippen LogP contribution in [-0.2, 0) is 33.6 Å². The van der Waals surface area contributed by atoms with Gasteiger partial charge in [-0.1, -0.05) is 54.6 Å². The molecule has 3 heterocycles. The van der Waals surface area contributed by atoms with Crippen molar-refractivity contribution in [3.63, 3.8) is 0 Å². The van der Waals surface area contributed by atoms with Gasteiger partial charge in [0.05, 0.1) is 28.8 Å². The van der Waals surface area contributed by atoms with E-state index in [4.69, 9.17) is 9.47 Å². The highest BCUT2D eigenvalue weighted by molar-refractivity contribution is 7.90. The zero-order valence-electron chi connectivity index (χ0n) is 28.6. The monoisotopic (exact) mass is 694 g/mol. The van der Waals surface area contributed by atoms with Gasteiger partial charge in [-0.2, -0.15) is 5.10 Å². The van der Waals surface area contributed by atoms with E-state index in [0.29, 0.717) is 31.7 Å². The highest BCUT2D eigenvalue weighted by Crippen LogP contribution is 2.53. The van der Waals surface area contributed by atoms with Crippen molar-refractivity contribution in [1.29, 1.82) is 0 Å². The van der Waals surface area contributed by atoms with E-state index < -0.39 is 27.3 Å². The molecule has 0 aliphatic carbocycles. The number of aliphatic carboxylic acids is 1. The first-order valence-corrected chi connectivity index (χ1v) is 18.8. The third-order valence-electron chi connectivity index (χ3n) is 10.2. The molecule has 4 aromatic carbocycles. The summed E-state index contributed by atoms with van der Waals surface area (Å²) in [5, 5.41) is 17.9. The Morgan fingerprint density at radius 2 is 1.70 bits per heavy atom. The van der Waals surface area contributed by atoms with Crippen LogP contribution in [0.15, 0.2) is 96.0 Å². The van der Waals surface area contributed by atoms with Crippen molar-refractivity contribution < 1.29 is 27.8 Å². The zero-order valence-corrected chi connectivity index (χ0v) is 29.4. The van der Waals surface area contributed by atoms with Crippen molar-refractivity contribution in [3.05, 3.63) is 102 Å². The number of sulfone groups is 1. The van der Waals surface area contributed by atoms with Gasteiger partial charge in [0.1, 0.15) is 24.1 Å². The molecule has 260 valence electrons. The van der Waals surface area contributed by atoms with E-state index in [9.17, 15) is 18.3 Å². The number of nitrogens with zero attached hydrogens (tertiary/aromatic N) is 4. The van der Waals surface area contributed by atoms with Gasteiger partial charge in [0.2, 0.25) is 0 Å². The molecule has 10 nitrogen and oxygen atoms in total. The maximum Gasteiger partial charge on any atom is 0.327 e. The molecular weight excluding hydrogens is 653 g/mol. The van der Waals surface area contributed by atoms with E-state index in [1.54, 1.807) is 12.1 Å². The minimum Gasteiger partial charge on any atom is -0.493 e. The van der Waals surface area contributed by atoms with Crippen molar-refractivity contribution in [2.75, 3.05) is 44.5 Å². The first-order valence-electron chi connectivity index (χ1n) is 16.9. The number of hydrogen-bond donors (Lipinski definition) is 1.